The third-order valence-corrected chi connectivity index (χ3v) is 5.19. The van der Waals surface area contributed by atoms with Gasteiger partial charge in [-0.25, -0.2) is 4.98 Å². The Morgan fingerprint density at radius 1 is 1.42 bits per heavy atom. The number of rotatable bonds is 4. The molecule has 2 aliphatic heterocycles. The molecule has 1 N–H and O–H groups in total. The molecule has 2 aliphatic rings. The Labute approximate surface area is 119 Å². The van der Waals surface area contributed by atoms with Crippen LogP contribution < -0.4 is 10.2 Å². The second-order valence-electron chi connectivity index (χ2n) is 5.66. The molecule has 2 atom stereocenters. The molecule has 19 heavy (non-hydrogen) atoms. The minimum Gasteiger partial charge on any atom is -0.381 e. The zero-order valence-electron chi connectivity index (χ0n) is 11.5. The third kappa shape index (κ3) is 3.27. The van der Waals surface area contributed by atoms with E-state index in [1.807, 2.05) is 6.20 Å². The summed E-state index contributed by atoms with van der Waals surface area (Å²) in [6.45, 7) is 6.44. The molecule has 1 aromatic heterocycles. The van der Waals surface area contributed by atoms with Gasteiger partial charge in [0.05, 0.1) is 6.61 Å². The van der Waals surface area contributed by atoms with Crippen molar-refractivity contribution in [1.29, 1.82) is 0 Å². The highest BCUT2D eigenvalue weighted by Crippen LogP contribution is 2.23. The Hall–Kier alpha value is -0.650. The number of thiazole rings is 1. The number of ether oxygens (including phenoxy) is 1. The lowest BCUT2D eigenvalue weighted by molar-refractivity contribution is 0.175. The van der Waals surface area contributed by atoms with Gasteiger partial charge < -0.3 is 15.0 Å². The Bertz CT molecular complexity index is 370. The van der Waals surface area contributed by atoms with Crippen LogP contribution in [0.25, 0.3) is 0 Å². The quantitative estimate of drug-likeness (QED) is 0.917. The summed E-state index contributed by atoms with van der Waals surface area (Å²) < 4.78 is 5.48. The van der Waals surface area contributed by atoms with Gasteiger partial charge >= 0.3 is 0 Å². The van der Waals surface area contributed by atoms with Crippen molar-refractivity contribution in [3.63, 3.8) is 0 Å². The van der Waals surface area contributed by atoms with Crippen molar-refractivity contribution in [2.45, 2.75) is 38.3 Å². The van der Waals surface area contributed by atoms with Gasteiger partial charge in [0.15, 0.2) is 5.13 Å². The molecule has 0 spiro atoms. The molecule has 106 valence electrons. The van der Waals surface area contributed by atoms with Gasteiger partial charge in [-0.1, -0.05) is 0 Å². The Kier molecular flexibility index (Phi) is 4.35. The number of nitrogens with one attached hydrogen (secondary N) is 1. The number of hydrogen-bond acceptors (Lipinski definition) is 5. The van der Waals surface area contributed by atoms with Crippen molar-refractivity contribution < 1.29 is 4.74 Å². The van der Waals surface area contributed by atoms with Crippen LogP contribution in [0.4, 0.5) is 5.13 Å². The van der Waals surface area contributed by atoms with Crippen molar-refractivity contribution in [3.05, 3.63) is 11.6 Å². The van der Waals surface area contributed by atoms with E-state index in [0.717, 1.165) is 26.3 Å². The van der Waals surface area contributed by atoms with Gasteiger partial charge in [0.25, 0.3) is 0 Å². The number of aromatic nitrogens is 1. The number of nitrogens with zero attached hydrogens (tertiary/aromatic N) is 2. The fourth-order valence-corrected chi connectivity index (χ4v) is 3.76. The standard InChI is InChI=1S/C14H23N3OS/c1-11(12-4-8-18-10-12)16-13-2-6-17(7-3-13)14-15-5-9-19-14/h5,9,11-13,16H,2-4,6-8,10H2,1H3/t11-,12-/m0/s1. The largest absolute Gasteiger partial charge is 0.381 e. The van der Waals surface area contributed by atoms with Crippen LogP contribution in [0.1, 0.15) is 26.2 Å². The lowest BCUT2D eigenvalue weighted by Gasteiger charge is -2.34. The summed E-state index contributed by atoms with van der Waals surface area (Å²) in [6.07, 6.45) is 5.55. The molecule has 0 bridgehead atoms. The van der Waals surface area contributed by atoms with Crippen molar-refractivity contribution in [1.82, 2.24) is 10.3 Å². The summed E-state index contributed by atoms with van der Waals surface area (Å²) >= 11 is 1.74. The maximum atomic E-state index is 5.48. The predicted molar refractivity (Wildman–Crippen MR) is 78.9 cm³/mol. The lowest BCUT2D eigenvalue weighted by Crippen LogP contribution is -2.47. The van der Waals surface area contributed by atoms with Crippen molar-refractivity contribution in [2.24, 2.45) is 5.92 Å². The molecule has 3 heterocycles. The molecule has 2 fully saturated rings. The summed E-state index contributed by atoms with van der Waals surface area (Å²) in [6, 6.07) is 1.24. The van der Waals surface area contributed by atoms with Crippen LogP contribution in [0, 0.1) is 5.92 Å². The van der Waals surface area contributed by atoms with Crippen LogP contribution in [-0.4, -0.2) is 43.4 Å². The van der Waals surface area contributed by atoms with Crippen molar-refractivity contribution >= 4 is 16.5 Å². The van der Waals surface area contributed by atoms with E-state index in [9.17, 15) is 0 Å². The predicted octanol–water partition coefficient (Wildman–Crippen LogP) is 2.13. The fourth-order valence-electron chi connectivity index (χ4n) is 3.06. The number of anilines is 1. The molecule has 0 aliphatic carbocycles. The van der Waals surface area contributed by atoms with Crippen molar-refractivity contribution in [3.8, 4) is 0 Å². The summed E-state index contributed by atoms with van der Waals surface area (Å²) in [5.41, 5.74) is 0. The van der Waals surface area contributed by atoms with E-state index < -0.39 is 0 Å². The first kappa shape index (κ1) is 13.3. The van der Waals surface area contributed by atoms with Crippen LogP contribution in [-0.2, 0) is 4.74 Å². The third-order valence-electron chi connectivity index (χ3n) is 4.36. The second-order valence-corrected chi connectivity index (χ2v) is 6.53. The Balaban J connectivity index is 1.45. The molecule has 3 rings (SSSR count). The smallest absolute Gasteiger partial charge is 0.185 e. The number of hydrogen-bond donors (Lipinski definition) is 1. The van der Waals surface area contributed by atoms with E-state index in [-0.39, 0.29) is 0 Å². The van der Waals surface area contributed by atoms with Gasteiger partial charge in [0, 0.05) is 43.4 Å². The SMILES string of the molecule is C[C@H](NC1CCN(c2nccs2)CC1)[C@H]1CCOC1. The molecule has 0 aromatic carbocycles. The average Bonchev–Trinajstić information content (AvgIpc) is 3.13. The maximum absolute atomic E-state index is 5.48. The van der Waals surface area contributed by atoms with E-state index in [4.69, 9.17) is 4.74 Å². The highest BCUT2D eigenvalue weighted by Gasteiger charge is 2.26. The summed E-state index contributed by atoms with van der Waals surface area (Å²) in [5, 5.41) is 7.04. The molecule has 0 unspecified atom stereocenters. The molecule has 0 saturated carbocycles. The van der Waals surface area contributed by atoms with Gasteiger partial charge in [-0.2, -0.15) is 0 Å². The Morgan fingerprint density at radius 3 is 2.89 bits per heavy atom. The van der Waals surface area contributed by atoms with Crippen LogP contribution in [0.15, 0.2) is 11.6 Å². The summed E-state index contributed by atoms with van der Waals surface area (Å²) in [7, 11) is 0. The van der Waals surface area contributed by atoms with Crippen molar-refractivity contribution in [2.75, 3.05) is 31.2 Å². The second kappa shape index (κ2) is 6.20. The van der Waals surface area contributed by atoms with Crippen LogP contribution >= 0.6 is 11.3 Å². The summed E-state index contributed by atoms with van der Waals surface area (Å²) in [5.74, 6) is 0.706. The van der Waals surface area contributed by atoms with Crippen LogP contribution in [0.3, 0.4) is 0 Å². The molecule has 0 radical (unpaired) electrons. The van der Waals surface area contributed by atoms with Gasteiger partial charge in [-0.3, -0.25) is 0 Å². The number of piperidine rings is 1. The molecule has 0 amide bonds. The summed E-state index contributed by atoms with van der Waals surface area (Å²) in [4.78, 5) is 6.81. The highest BCUT2D eigenvalue weighted by atomic mass is 32.1. The molecule has 1 aromatic rings. The van der Waals surface area contributed by atoms with E-state index >= 15 is 0 Å². The zero-order chi connectivity index (χ0) is 13.1. The molecule has 2 saturated heterocycles. The van der Waals surface area contributed by atoms with Crippen LogP contribution in [0.5, 0.6) is 0 Å². The zero-order valence-corrected chi connectivity index (χ0v) is 12.4. The highest BCUT2D eigenvalue weighted by molar-refractivity contribution is 7.13. The molecule has 4 nitrogen and oxygen atoms in total. The van der Waals surface area contributed by atoms with Gasteiger partial charge in [-0.15, -0.1) is 11.3 Å². The monoisotopic (exact) mass is 281 g/mol. The molecule has 5 heteroatoms. The van der Waals surface area contributed by atoms with Crippen LogP contribution in [0.2, 0.25) is 0 Å². The fraction of sp³-hybridized carbons (Fsp3) is 0.786. The first-order chi connectivity index (χ1) is 9.33. The minimum atomic E-state index is 0.582. The van der Waals surface area contributed by atoms with E-state index in [1.54, 1.807) is 11.3 Å². The van der Waals surface area contributed by atoms with E-state index in [2.05, 4.69) is 27.5 Å². The van der Waals surface area contributed by atoms with Gasteiger partial charge in [0.2, 0.25) is 0 Å². The topological polar surface area (TPSA) is 37.4 Å². The molecular formula is C14H23N3OS. The van der Waals surface area contributed by atoms with Gasteiger partial charge in [0.1, 0.15) is 0 Å². The first-order valence-electron chi connectivity index (χ1n) is 7.31. The first-order valence-corrected chi connectivity index (χ1v) is 8.19. The van der Waals surface area contributed by atoms with Gasteiger partial charge in [-0.05, 0) is 32.1 Å². The lowest BCUT2D eigenvalue weighted by atomic mass is 9.97. The average molecular weight is 281 g/mol. The van der Waals surface area contributed by atoms with E-state index in [1.165, 1.54) is 24.4 Å². The normalized spacial score (nSPS) is 26.8. The minimum absolute atomic E-state index is 0.582. The Morgan fingerprint density at radius 2 is 2.26 bits per heavy atom. The molecular weight excluding hydrogens is 258 g/mol. The maximum Gasteiger partial charge on any atom is 0.185 e. The van der Waals surface area contributed by atoms with E-state index in [0.29, 0.717) is 18.0 Å².